The van der Waals surface area contributed by atoms with Gasteiger partial charge in [0, 0.05) is 31.0 Å². The number of methoxy groups -OCH3 is 1. The minimum absolute atomic E-state index is 0.151. The highest BCUT2D eigenvalue weighted by atomic mass is 16.5. The molecule has 3 atom stereocenters. The van der Waals surface area contributed by atoms with Gasteiger partial charge in [-0.1, -0.05) is 18.6 Å². The van der Waals surface area contributed by atoms with E-state index in [-0.39, 0.29) is 12.0 Å². The molecule has 1 heterocycles. The van der Waals surface area contributed by atoms with E-state index in [1.165, 1.54) is 5.56 Å². The quantitative estimate of drug-likeness (QED) is 0.933. The summed E-state index contributed by atoms with van der Waals surface area (Å²) in [5, 5.41) is 0. The Morgan fingerprint density at radius 1 is 1.23 bits per heavy atom. The molecule has 2 aliphatic rings. The van der Waals surface area contributed by atoms with Crippen molar-refractivity contribution in [1.29, 1.82) is 0 Å². The molecule has 1 saturated carbocycles. The predicted molar refractivity (Wildman–Crippen MR) is 86.9 cm³/mol. The monoisotopic (exact) mass is 302 g/mol. The van der Waals surface area contributed by atoms with Crippen LogP contribution in [0.15, 0.2) is 24.3 Å². The molecule has 120 valence electrons. The molecule has 3 rings (SSSR count). The molecule has 0 spiro atoms. The topological polar surface area (TPSA) is 55.6 Å². The molecule has 2 N–H and O–H groups in total. The van der Waals surface area contributed by atoms with Gasteiger partial charge in [-0.25, -0.2) is 0 Å². The maximum absolute atomic E-state index is 12.7. The average Bonchev–Trinajstić information content (AvgIpc) is 3.04. The molecule has 4 heteroatoms. The van der Waals surface area contributed by atoms with Crippen molar-refractivity contribution < 1.29 is 9.53 Å². The Hall–Kier alpha value is -1.55. The van der Waals surface area contributed by atoms with Crippen LogP contribution in [0.1, 0.15) is 43.6 Å². The van der Waals surface area contributed by atoms with E-state index >= 15 is 0 Å². The van der Waals surface area contributed by atoms with Crippen molar-refractivity contribution in [2.75, 3.05) is 20.2 Å². The molecule has 0 aromatic heterocycles. The van der Waals surface area contributed by atoms with Crippen LogP contribution in [-0.2, 0) is 4.79 Å². The Labute approximate surface area is 132 Å². The van der Waals surface area contributed by atoms with Gasteiger partial charge >= 0.3 is 0 Å². The van der Waals surface area contributed by atoms with Crippen LogP contribution >= 0.6 is 0 Å². The summed E-state index contributed by atoms with van der Waals surface area (Å²) in [5.41, 5.74) is 7.33. The minimum Gasteiger partial charge on any atom is -0.497 e. The summed E-state index contributed by atoms with van der Waals surface area (Å²) in [6, 6.07) is 8.45. The molecule has 0 radical (unpaired) electrons. The first-order chi connectivity index (χ1) is 10.7. The molecule has 1 aliphatic heterocycles. The average molecular weight is 302 g/mol. The lowest BCUT2D eigenvalue weighted by Crippen LogP contribution is -2.39. The van der Waals surface area contributed by atoms with Crippen LogP contribution in [0, 0.1) is 5.92 Å². The van der Waals surface area contributed by atoms with Crippen molar-refractivity contribution in [3.8, 4) is 5.75 Å². The number of ether oxygens (including phenoxy) is 1. The van der Waals surface area contributed by atoms with Crippen LogP contribution < -0.4 is 10.5 Å². The zero-order valence-corrected chi connectivity index (χ0v) is 13.3. The van der Waals surface area contributed by atoms with E-state index in [0.29, 0.717) is 11.8 Å². The number of carbonyl (C=O) groups is 1. The standard InChI is InChI=1S/C18H26N2O2/c1-22-17-7-5-13(6-8-17)15-9-10-20(12-15)18(21)14-3-2-4-16(19)11-14/h5-8,14-16H,2-4,9-12,19H2,1H3/t14-,15+,16-/m0/s1. The van der Waals surface area contributed by atoms with Gasteiger partial charge in [0.25, 0.3) is 0 Å². The van der Waals surface area contributed by atoms with E-state index < -0.39 is 0 Å². The third kappa shape index (κ3) is 3.27. The van der Waals surface area contributed by atoms with Crippen molar-refractivity contribution in [1.82, 2.24) is 4.90 Å². The summed E-state index contributed by atoms with van der Waals surface area (Å²) in [4.78, 5) is 14.7. The lowest BCUT2D eigenvalue weighted by molar-refractivity contribution is -0.135. The Kier molecular flexibility index (Phi) is 4.67. The Balaban J connectivity index is 1.60. The minimum atomic E-state index is 0.151. The van der Waals surface area contributed by atoms with E-state index in [1.807, 2.05) is 12.1 Å². The molecule has 1 amide bonds. The van der Waals surface area contributed by atoms with Crippen LogP contribution in [0.5, 0.6) is 5.75 Å². The fourth-order valence-corrected chi connectivity index (χ4v) is 3.82. The van der Waals surface area contributed by atoms with Crippen molar-refractivity contribution in [3.05, 3.63) is 29.8 Å². The van der Waals surface area contributed by atoms with Crippen molar-refractivity contribution >= 4 is 5.91 Å². The summed E-state index contributed by atoms with van der Waals surface area (Å²) in [7, 11) is 1.68. The number of nitrogens with two attached hydrogens (primary N) is 1. The van der Waals surface area contributed by atoms with Crippen LogP contribution in [0.25, 0.3) is 0 Å². The van der Waals surface area contributed by atoms with Gasteiger partial charge in [0.05, 0.1) is 7.11 Å². The number of hydrogen-bond donors (Lipinski definition) is 1. The van der Waals surface area contributed by atoms with Crippen LogP contribution in [0.4, 0.5) is 0 Å². The molecule has 2 fully saturated rings. The molecule has 0 unspecified atom stereocenters. The highest BCUT2D eigenvalue weighted by Crippen LogP contribution is 2.32. The van der Waals surface area contributed by atoms with Gasteiger partial charge in [-0.05, 0) is 43.4 Å². The Morgan fingerprint density at radius 3 is 2.68 bits per heavy atom. The van der Waals surface area contributed by atoms with E-state index in [0.717, 1.165) is 50.9 Å². The van der Waals surface area contributed by atoms with Crippen LogP contribution in [0.2, 0.25) is 0 Å². The first-order valence-electron chi connectivity index (χ1n) is 8.35. The number of likely N-dealkylation sites (tertiary alicyclic amines) is 1. The molecule has 4 nitrogen and oxygen atoms in total. The highest BCUT2D eigenvalue weighted by Gasteiger charge is 2.33. The smallest absolute Gasteiger partial charge is 0.225 e. The Bertz CT molecular complexity index is 514. The van der Waals surface area contributed by atoms with Gasteiger partial charge in [0.15, 0.2) is 0 Å². The molecular formula is C18H26N2O2. The summed E-state index contributed by atoms with van der Waals surface area (Å²) in [5.74, 6) is 1.81. The first-order valence-corrected chi connectivity index (χ1v) is 8.35. The van der Waals surface area contributed by atoms with E-state index in [9.17, 15) is 4.79 Å². The molecule has 1 aliphatic carbocycles. The third-order valence-electron chi connectivity index (χ3n) is 5.15. The number of benzene rings is 1. The molecule has 1 saturated heterocycles. The highest BCUT2D eigenvalue weighted by molar-refractivity contribution is 5.79. The van der Waals surface area contributed by atoms with E-state index in [1.54, 1.807) is 7.11 Å². The lowest BCUT2D eigenvalue weighted by Gasteiger charge is -2.29. The number of carbonyl (C=O) groups excluding carboxylic acids is 1. The van der Waals surface area contributed by atoms with Gasteiger partial charge in [-0.2, -0.15) is 0 Å². The molecular weight excluding hydrogens is 276 g/mol. The number of nitrogens with zero attached hydrogens (tertiary/aromatic N) is 1. The fourth-order valence-electron chi connectivity index (χ4n) is 3.82. The number of rotatable bonds is 3. The van der Waals surface area contributed by atoms with Crippen molar-refractivity contribution in [3.63, 3.8) is 0 Å². The van der Waals surface area contributed by atoms with E-state index in [4.69, 9.17) is 10.5 Å². The van der Waals surface area contributed by atoms with Crippen LogP contribution in [0.3, 0.4) is 0 Å². The summed E-state index contributed by atoms with van der Waals surface area (Å²) < 4.78 is 5.20. The third-order valence-corrected chi connectivity index (χ3v) is 5.15. The van der Waals surface area contributed by atoms with Crippen LogP contribution in [-0.4, -0.2) is 37.0 Å². The summed E-state index contributed by atoms with van der Waals surface area (Å²) in [6.07, 6.45) is 5.08. The SMILES string of the molecule is COc1ccc([C@@H]2CCN(C(=O)[C@H]3CCC[C@H](N)C3)C2)cc1. The second-order valence-corrected chi connectivity index (χ2v) is 6.67. The maximum Gasteiger partial charge on any atom is 0.225 e. The summed E-state index contributed by atoms with van der Waals surface area (Å²) in [6.45, 7) is 1.72. The van der Waals surface area contributed by atoms with Gasteiger partial charge in [-0.3, -0.25) is 4.79 Å². The first kappa shape index (κ1) is 15.3. The molecule has 22 heavy (non-hydrogen) atoms. The predicted octanol–water partition coefficient (Wildman–Crippen LogP) is 2.53. The maximum atomic E-state index is 12.7. The second kappa shape index (κ2) is 6.69. The molecule has 1 aromatic carbocycles. The van der Waals surface area contributed by atoms with Crippen molar-refractivity contribution in [2.45, 2.75) is 44.1 Å². The van der Waals surface area contributed by atoms with Gasteiger partial charge < -0.3 is 15.4 Å². The molecule has 0 bridgehead atoms. The largest absolute Gasteiger partial charge is 0.497 e. The zero-order chi connectivity index (χ0) is 15.5. The van der Waals surface area contributed by atoms with Gasteiger partial charge in [0.1, 0.15) is 5.75 Å². The zero-order valence-electron chi connectivity index (χ0n) is 13.3. The Morgan fingerprint density at radius 2 is 2.00 bits per heavy atom. The van der Waals surface area contributed by atoms with Gasteiger partial charge in [0.2, 0.25) is 5.91 Å². The second-order valence-electron chi connectivity index (χ2n) is 6.67. The normalized spacial score (nSPS) is 28.6. The fraction of sp³-hybridized carbons (Fsp3) is 0.611. The van der Waals surface area contributed by atoms with Crippen molar-refractivity contribution in [2.24, 2.45) is 11.7 Å². The number of amides is 1. The van der Waals surface area contributed by atoms with E-state index in [2.05, 4.69) is 17.0 Å². The number of hydrogen-bond acceptors (Lipinski definition) is 3. The molecule has 1 aromatic rings. The summed E-state index contributed by atoms with van der Waals surface area (Å²) >= 11 is 0. The van der Waals surface area contributed by atoms with Gasteiger partial charge in [-0.15, -0.1) is 0 Å². The lowest BCUT2D eigenvalue weighted by atomic mass is 9.85.